The smallest absolute Gasteiger partial charge is 0.146 e. The molecule has 0 spiro atoms. The average Bonchev–Trinajstić information content (AvgIpc) is 2.27. The second-order valence-corrected chi connectivity index (χ2v) is 4.87. The fourth-order valence-electron chi connectivity index (χ4n) is 2.16. The molecule has 1 unspecified atom stereocenters. The molecule has 0 radical (unpaired) electrons. The summed E-state index contributed by atoms with van der Waals surface area (Å²) in [5, 5.41) is 0. The molecule has 2 nitrogen and oxygen atoms in total. The highest BCUT2D eigenvalue weighted by Crippen LogP contribution is 2.21. The lowest BCUT2D eigenvalue weighted by Gasteiger charge is -2.33. The predicted molar refractivity (Wildman–Crippen MR) is 71.8 cm³/mol. The fourth-order valence-corrected chi connectivity index (χ4v) is 2.16. The van der Waals surface area contributed by atoms with Crippen LogP contribution in [0, 0.1) is 5.82 Å². The van der Waals surface area contributed by atoms with Gasteiger partial charge in [0.25, 0.3) is 0 Å². The van der Waals surface area contributed by atoms with Gasteiger partial charge in [0.05, 0.1) is 5.69 Å². The van der Waals surface area contributed by atoms with Crippen molar-refractivity contribution in [3.8, 4) is 0 Å². The van der Waals surface area contributed by atoms with Gasteiger partial charge in [-0.15, -0.1) is 0 Å². The number of halogens is 1. The van der Waals surface area contributed by atoms with E-state index in [-0.39, 0.29) is 11.4 Å². The second kappa shape index (κ2) is 6.01. The molecule has 17 heavy (non-hydrogen) atoms. The van der Waals surface area contributed by atoms with Crippen LogP contribution in [0.4, 0.5) is 10.1 Å². The molecule has 0 heterocycles. The maximum atomic E-state index is 13.7. The van der Waals surface area contributed by atoms with Gasteiger partial charge in [-0.25, -0.2) is 4.39 Å². The van der Waals surface area contributed by atoms with Crippen molar-refractivity contribution < 1.29 is 4.39 Å². The molecule has 1 aromatic carbocycles. The Morgan fingerprint density at radius 1 is 1.29 bits per heavy atom. The van der Waals surface area contributed by atoms with E-state index in [1.54, 1.807) is 12.1 Å². The Balaban J connectivity index is 2.83. The van der Waals surface area contributed by atoms with Crippen LogP contribution in [0.1, 0.15) is 33.6 Å². The number of likely N-dealkylation sites (N-methyl/N-ethyl adjacent to an activating group) is 1. The van der Waals surface area contributed by atoms with Crippen molar-refractivity contribution in [1.82, 2.24) is 0 Å². The van der Waals surface area contributed by atoms with Crippen LogP contribution in [-0.4, -0.2) is 18.6 Å². The zero-order chi connectivity index (χ0) is 12.9. The molecule has 1 atom stereocenters. The van der Waals surface area contributed by atoms with Gasteiger partial charge in [-0.2, -0.15) is 0 Å². The molecule has 2 N–H and O–H groups in total. The van der Waals surface area contributed by atoms with E-state index < -0.39 is 0 Å². The zero-order valence-corrected chi connectivity index (χ0v) is 11.0. The van der Waals surface area contributed by atoms with Crippen LogP contribution < -0.4 is 10.6 Å². The molecule has 96 valence electrons. The highest BCUT2D eigenvalue weighted by molar-refractivity contribution is 5.47. The van der Waals surface area contributed by atoms with Gasteiger partial charge in [-0.3, -0.25) is 0 Å². The molecule has 0 saturated heterocycles. The van der Waals surface area contributed by atoms with Gasteiger partial charge in [0.15, 0.2) is 0 Å². The summed E-state index contributed by atoms with van der Waals surface area (Å²) in [5.41, 5.74) is 6.60. The summed E-state index contributed by atoms with van der Waals surface area (Å²) >= 11 is 0. The van der Waals surface area contributed by atoms with E-state index in [9.17, 15) is 4.39 Å². The number of nitrogens with two attached hydrogens (primary N) is 1. The molecule has 0 bridgehead atoms. The van der Waals surface area contributed by atoms with Crippen molar-refractivity contribution in [1.29, 1.82) is 0 Å². The molecule has 1 aromatic rings. The Morgan fingerprint density at radius 3 is 2.47 bits per heavy atom. The Kier molecular flexibility index (Phi) is 4.94. The number of para-hydroxylation sites is 1. The van der Waals surface area contributed by atoms with Crippen LogP contribution in [0.15, 0.2) is 24.3 Å². The molecule has 3 heteroatoms. The van der Waals surface area contributed by atoms with Crippen LogP contribution >= 0.6 is 0 Å². The minimum absolute atomic E-state index is 0.179. The molecular weight excluding hydrogens is 215 g/mol. The number of hydrogen-bond donors (Lipinski definition) is 1. The van der Waals surface area contributed by atoms with Crippen molar-refractivity contribution >= 4 is 5.69 Å². The molecule has 0 aromatic heterocycles. The normalized spacial score (nSPS) is 14.4. The summed E-state index contributed by atoms with van der Waals surface area (Å²) in [6.45, 7) is 7.61. The summed E-state index contributed by atoms with van der Waals surface area (Å²) in [5.74, 6) is -0.179. The average molecular weight is 238 g/mol. The van der Waals surface area contributed by atoms with Crippen LogP contribution in [0.25, 0.3) is 0 Å². The van der Waals surface area contributed by atoms with Crippen molar-refractivity contribution in [3.63, 3.8) is 0 Å². The van der Waals surface area contributed by atoms with Gasteiger partial charge in [0, 0.05) is 18.6 Å². The number of anilines is 1. The first-order valence-electron chi connectivity index (χ1n) is 6.28. The third-order valence-electron chi connectivity index (χ3n) is 2.95. The highest BCUT2D eigenvalue weighted by Gasteiger charge is 2.22. The molecular formula is C14H23FN2. The maximum Gasteiger partial charge on any atom is 0.146 e. The Morgan fingerprint density at radius 2 is 1.94 bits per heavy atom. The third kappa shape index (κ3) is 4.00. The Hall–Kier alpha value is -1.09. The molecule has 0 amide bonds. The summed E-state index contributed by atoms with van der Waals surface area (Å²) in [4.78, 5) is 2.00. The van der Waals surface area contributed by atoms with E-state index in [1.165, 1.54) is 6.07 Å². The molecule has 0 saturated carbocycles. The van der Waals surface area contributed by atoms with Gasteiger partial charge < -0.3 is 10.6 Å². The van der Waals surface area contributed by atoms with Crippen molar-refractivity contribution in [2.75, 3.05) is 18.0 Å². The lowest BCUT2D eigenvalue weighted by molar-refractivity contribution is 0.423. The van der Waals surface area contributed by atoms with E-state index in [0.29, 0.717) is 12.2 Å². The van der Waals surface area contributed by atoms with E-state index in [2.05, 4.69) is 6.92 Å². The number of benzene rings is 1. The zero-order valence-electron chi connectivity index (χ0n) is 11.0. The quantitative estimate of drug-likeness (QED) is 0.824. The SMILES string of the molecule is CCCC(C)(N)CN(CC)c1ccccc1F. The summed E-state index contributed by atoms with van der Waals surface area (Å²) in [6, 6.07) is 6.86. The number of rotatable bonds is 6. The minimum atomic E-state index is -0.271. The summed E-state index contributed by atoms with van der Waals surface area (Å²) in [6.07, 6.45) is 1.99. The predicted octanol–water partition coefficient (Wildman–Crippen LogP) is 3.17. The van der Waals surface area contributed by atoms with Crippen LogP contribution in [-0.2, 0) is 0 Å². The third-order valence-corrected chi connectivity index (χ3v) is 2.95. The minimum Gasteiger partial charge on any atom is -0.368 e. The van der Waals surface area contributed by atoms with Gasteiger partial charge in [-0.05, 0) is 32.4 Å². The first kappa shape index (κ1) is 14.0. The van der Waals surface area contributed by atoms with E-state index in [0.717, 1.165) is 19.4 Å². The lowest BCUT2D eigenvalue weighted by atomic mass is 9.96. The molecule has 0 aliphatic rings. The molecule has 0 aliphatic heterocycles. The van der Waals surface area contributed by atoms with Crippen LogP contribution in [0.3, 0.4) is 0 Å². The van der Waals surface area contributed by atoms with Crippen molar-refractivity contribution in [2.45, 2.75) is 39.2 Å². The second-order valence-electron chi connectivity index (χ2n) is 4.87. The molecule has 0 fully saturated rings. The van der Waals surface area contributed by atoms with E-state index in [1.807, 2.05) is 24.8 Å². The van der Waals surface area contributed by atoms with Crippen LogP contribution in [0.2, 0.25) is 0 Å². The van der Waals surface area contributed by atoms with Crippen molar-refractivity contribution in [3.05, 3.63) is 30.1 Å². The van der Waals surface area contributed by atoms with Gasteiger partial charge in [0.1, 0.15) is 5.82 Å². The summed E-state index contributed by atoms with van der Waals surface area (Å²) in [7, 11) is 0. The van der Waals surface area contributed by atoms with Crippen molar-refractivity contribution in [2.24, 2.45) is 5.73 Å². The molecule has 1 rings (SSSR count). The van der Waals surface area contributed by atoms with Gasteiger partial charge in [0.2, 0.25) is 0 Å². The topological polar surface area (TPSA) is 29.3 Å². The Bertz CT molecular complexity index is 350. The summed E-state index contributed by atoms with van der Waals surface area (Å²) < 4.78 is 13.7. The maximum absolute atomic E-state index is 13.7. The number of nitrogens with zero attached hydrogens (tertiary/aromatic N) is 1. The first-order valence-corrected chi connectivity index (χ1v) is 6.28. The van der Waals surface area contributed by atoms with E-state index >= 15 is 0 Å². The monoisotopic (exact) mass is 238 g/mol. The highest BCUT2D eigenvalue weighted by atomic mass is 19.1. The van der Waals surface area contributed by atoms with Crippen LogP contribution in [0.5, 0.6) is 0 Å². The van der Waals surface area contributed by atoms with Gasteiger partial charge in [-0.1, -0.05) is 25.5 Å². The van der Waals surface area contributed by atoms with E-state index in [4.69, 9.17) is 5.73 Å². The first-order chi connectivity index (χ1) is 8.00. The fraction of sp³-hybridized carbons (Fsp3) is 0.571. The van der Waals surface area contributed by atoms with Gasteiger partial charge >= 0.3 is 0 Å². The number of hydrogen-bond acceptors (Lipinski definition) is 2. The molecule has 0 aliphatic carbocycles. The largest absolute Gasteiger partial charge is 0.368 e. The standard InChI is InChI=1S/C14H23FN2/c1-4-10-14(3,16)11-17(5-2)13-9-7-6-8-12(13)15/h6-9H,4-5,10-11,16H2,1-3H3. The Labute approximate surface area is 104 Å². The lowest BCUT2D eigenvalue weighted by Crippen LogP contribution is -2.48.